The number of carboxylic acid groups (broad SMARTS) is 2. The van der Waals surface area contributed by atoms with Gasteiger partial charge in [-0.1, -0.05) is 52.5 Å². The fourth-order valence-corrected chi connectivity index (χ4v) is 2.87. The maximum absolute atomic E-state index is 12.9. The Morgan fingerprint density at radius 1 is 1.13 bits per heavy atom. The van der Waals surface area contributed by atoms with Gasteiger partial charge in [-0.25, -0.2) is 9.59 Å². The molecular weight excluding hydrogens is 487 g/mol. The number of benzene rings is 1. The van der Waals surface area contributed by atoms with E-state index in [2.05, 4.69) is 14.7 Å². The molecule has 0 radical (unpaired) electrons. The smallest absolute Gasteiger partial charge is 0.341 e. The lowest BCUT2D eigenvalue weighted by molar-refractivity contribution is -0.139. The number of nitrogens with zero attached hydrogens (tertiary/aromatic N) is 2. The molecule has 13 heteroatoms. The van der Waals surface area contributed by atoms with Gasteiger partial charge >= 0.3 is 11.9 Å². The molecule has 0 aliphatic rings. The van der Waals surface area contributed by atoms with Crippen molar-refractivity contribution < 1.29 is 28.9 Å². The van der Waals surface area contributed by atoms with Gasteiger partial charge in [-0.15, -0.1) is 0 Å². The zero-order valence-electron chi connectivity index (χ0n) is 14.5. The minimum absolute atomic E-state index is 0.00540. The molecule has 3 aromatic rings. The number of nitrogen functional groups attached to an aromatic ring is 1. The zero-order valence-corrected chi connectivity index (χ0v) is 17.5. The Balaban J connectivity index is 0.000000214. The molecule has 1 aromatic carbocycles. The predicted molar refractivity (Wildman–Crippen MR) is 110 cm³/mol. The number of halogens is 5. The number of aromatic carboxylic acids is 1. The van der Waals surface area contributed by atoms with E-state index in [0.29, 0.717) is 15.9 Å². The van der Waals surface area contributed by atoms with E-state index in [-0.39, 0.29) is 21.3 Å². The molecule has 0 bridgehead atoms. The highest BCUT2D eigenvalue weighted by atomic mass is 35.5. The first-order valence-electron chi connectivity index (χ1n) is 7.64. The van der Waals surface area contributed by atoms with Crippen LogP contribution in [0.15, 0.2) is 24.4 Å². The van der Waals surface area contributed by atoms with Gasteiger partial charge < -0.3 is 20.7 Å². The molecular formula is C17H10Cl4FN3O5. The number of anilines is 1. The van der Waals surface area contributed by atoms with Gasteiger partial charge in [-0.2, -0.15) is 9.37 Å². The first-order chi connectivity index (χ1) is 14.0. The van der Waals surface area contributed by atoms with E-state index in [0.717, 1.165) is 0 Å². The summed E-state index contributed by atoms with van der Waals surface area (Å²) in [7, 11) is 0. The number of fused-ring (bicyclic) bond motifs is 1. The van der Waals surface area contributed by atoms with Gasteiger partial charge in [-0.05, 0) is 12.1 Å². The number of hydrogen-bond donors (Lipinski definition) is 3. The van der Waals surface area contributed by atoms with Crippen LogP contribution in [-0.4, -0.2) is 38.7 Å². The summed E-state index contributed by atoms with van der Waals surface area (Å²) in [5.74, 6) is -3.82. The third-order valence-corrected chi connectivity index (χ3v) is 4.60. The average molecular weight is 497 g/mol. The summed E-state index contributed by atoms with van der Waals surface area (Å²) in [6, 6.07) is 4.85. The normalized spacial score (nSPS) is 10.3. The molecule has 0 unspecified atom stereocenters. The van der Waals surface area contributed by atoms with Gasteiger partial charge in [0.15, 0.2) is 6.61 Å². The number of ether oxygens (including phenoxy) is 1. The van der Waals surface area contributed by atoms with Crippen molar-refractivity contribution >= 4 is 74.9 Å². The molecule has 3 rings (SSSR count). The summed E-state index contributed by atoms with van der Waals surface area (Å²) in [6.07, 6.45) is 1.40. The Hall–Kier alpha value is -2.59. The number of carbonyl (C=O) groups is 2. The molecule has 2 aromatic heterocycles. The monoisotopic (exact) mass is 495 g/mol. The number of aromatic nitrogens is 2. The van der Waals surface area contributed by atoms with E-state index in [9.17, 15) is 14.0 Å². The molecule has 30 heavy (non-hydrogen) atoms. The zero-order chi connectivity index (χ0) is 22.6. The average Bonchev–Trinajstić information content (AvgIpc) is 2.68. The summed E-state index contributed by atoms with van der Waals surface area (Å²) < 4.78 is 17.5. The highest BCUT2D eigenvalue weighted by Gasteiger charge is 2.17. The maximum Gasteiger partial charge on any atom is 0.341 e. The minimum atomic E-state index is -1.25. The van der Waals surface area contributed by atoms with Crippen LogP contribution in [0.4, 0.5) is 10.1 Å². The molecule has 0 saturated carbocycles. The standard InChI is InChI=1S/C10H5Cl2NO2.C7H5Cl2FN2O3/c11-6-3-5-1-2-7(12)8(10(14)15)9(5)13-4-6;8-3-5(11)4(9)7(12-6(3)10)15-1-2(13)14/h1-4H,(H,14,15);1H2,(H2,11,12)(H,13,14). The van der Waals surface area contributed by atoms with E-state index in [1.807, 2.05) is 0 Å². The molecule has 4 N–H and O–H groups in total. The van der Waals surface area contributed by atoms with Crippen molar-refractivity contribution in [3.63, 3.8) is 0 Å². The number of aliphatic carboxylic acids is 1. The van der Waals surface area contributed by atoms with E-state index < -0.39 is 35.4 Å². The maximum atomic E-state index is 12.9. The summed E-state index contributed by atoms with van der Waals surface area (Å²) in [6.45, 7) is -0.701. The number of carboxylic acids is 2. The summed E-state index contributed by atoms with van der Waals surface area (Å²) in [5.41, 5.74) is 5.43. The van der Waals surface area contributed by atoms with Crippen LogP contribution in [0.2, 0.25) is 20.1 Å². The fourth-order valence-electron chi connectivity index (χ4n) is 2.09. The second-order valence-electron chi connectivity index (χ2n) is 5.38. The van der Waals surface area contributed by atoms with Gasteiger partial charge in [-0.3, -0.25) is 4.98 Å². The lowest BCUT2D eigenvalue weighted by atomic mass is 10.1. The van der Waals surface area contributed by atoms with Crippen molar-refractivity contribution in [3.8, 4) is 5.88 Å². The van der Waals surface area contributed by atoms with Crippen molar-refractivity contribution in [3.05, 3.63) is 56.0 Å². The second kappa shape index (κ2) is 9.94. The molecule has 8 nitrogen and oxygen atoms in total. The lowest BCUT2D eigenvalue weighted by Gasteiger charge is -2.07. The van der Waals surface area contributed by atoms with Crippen LogP contribution >= 0.6 is 46.4 Å². The third-order valence-electron chi connectivity index (χ3n) is 3.36. The Kier molecular flexibility index (Phi) is 7.85. The van der Waals surface area contributed by atoms with Crippen molar-refractivity contribution in [2.75, 3.05) is 12.3 Å². The molecule has 0 amide bonds. The predicted octanol–water partition coefficient (Wildman–Crippen LogP) is 4.81. The molecule has 0 saturated heterocycles. The Morgan fingerprint density at radius 3 is 2.40 bits per heavy atom. The summed E-state index contributed by atoms with van der Waals surface area (Å²) in [4.78, 5) is 28.3. The first-order valence-corrected chi connectivity index (χ1v) is 9.15. The summed E-state index contributed by atoms with van der Waals surface area (Å²) >= 11 is 22.5. The molecule has 2 heterocycles. The van der Waals surface area contributed by atoms with E-state index >= 15 is 0 Å². The van der Waals surface area contributed by atoms with Gasteiger partial charge in [0.2, 0.25) is 11.8 Å². The van der Waals surface area contributed by atoms with Crippen LogP contribution in [0.3, 0.4) is 0 Å². The fraction of sp³-hybridized carbons (Fsp3) is 0.0588. The topological polar surface area (TPSA) is 136 Å². The highest BCUT2D eigenvalue weighted by Crippen LogP contribution is 2.35. The number of rotatable bonds is 4. The lowest BCUT2D eigenvalue weighted by Crippen LogP contribution is -2.11. The van der Waals surface area contributed by atoms with Crippen LogP contribution in [0.5, 0.6) is 5.88 Å². The molecule has 0 fully saturated rings. The van der Waals surface area contributed by atoms with Gasteiger partial charge in [0.05, 0.1) is 21.2 Å². The van der Waals surface area contributed by atoms with Crippen molar-refractivity contribution in [1.29, 1.82) is 0 Å². The van der Waals surface area contributed by atoms with Gasteiger partial charge in [0.25, 0.3) is 0 Å². The van der Waals surface area contributed by atoms with E-state index in [1.54, 1.807) is 12.1 Å². The van der Waals surface area contributed by atoms with Crippen molar-refractivity contribution in [2.45, 2.75) is 0 Å². The number of pyridine rings is 2. The third kappa shape index (κ3) is 5.51. The van der Waals surface area contributed by atoms with Gasteiger partial charge in [0, 0.05) is 11.6 Å². The molecule has 0 atom stereocenters. The summed E-state index contributed by atoms with van der Waals surface area (Å²) in [5, 5.41) is 17.9. The van der Waals surface area contributed by atoms with Crippen LogP contribution in [0.25, 0.3) is 10.9 Å². The van der Waals surface area contributed by atoms with Gasteiger partial charge in [0.1, 0.15) is 15.6 Å². The first kappa shape index (κ1) is 23.7. The van der Waals surface area contributed by atoms with Crippen LogP contribution in [0, 0.1) is 5.95 Å². The Labute approximate surface area is 187 Å². The van der Waals surface area contributed by atoms with E-state index in [1.165, 1.54) is 12.3 Å². The van der Waals surface area contributed by atoms with Crippen LogP contribution in [-0.2, 0) is 4.79 Å². The Bertz CT molecular complexity index is 1150. The van der Waals surface area contributed by atoms with Crippen LogP contribution < -0.4 is 10.5 Å². The molecule has 0 spiro atoms. The number of nitrogens with two attached hydrogens (primary N) is 1. The number of hydrogen-bond acceptors (Lipinski definition) is 6. The minimum Gasteiger partial charge on any atom is -0.479 e. The highest BCUT2D eigenvalue weighted by molar-refractivity contribution is 6.39. The quantitative estimate of drug-likeness (QED) is 0.437. The largest absolute Gasteiger partial charge is 0.479 e. The Morgan fingerprint density at radius 2 is 1.80 bits per heavy atom. The molecule has 0 aliphatic carbocycles. The van der Waals surface area contributed by atoms with E-state index in [4.69, 9.17) is 62.4 Å². The van der Waals surface area contributed by atoms with Crippen LogP contribution in [0.1, 0.15) is 10.4 Å². The molecule has 0 aliphatic heterocycles. The van der Waals surface area contributed by atoms with Crippen molar-refractivity contribution in [1.82, 2.24) is 9.97 Å². The molecule has 158 valence electrons. The SMILES string of the molecule is Nc1c(Cl)c(F)nc(OCC(=O)O)c1Cl.O=C(O)c1c(Cl)ccc2cc(Cl)cnc12. The second-order valence-corrected chi connectivity index (χ2v) is 6.98. The van der Waals surface area contributed by atoms with Crippen molar-refractivity contribution in [2.24, 2.45) is 0 Å².